The molecule has 2 aliphatic rings. The number of piperidine rings is 1. The summed E-state index contributed by atoms with van der Waals surface area (Å²) in [6.07, 6.45) is 1.57. The number of carbonyl (C=O) groups is 2. The second-order valence-electron chi connectivity index (χ2n) is 4.61. The molecule has 0 aliphatic carbocycles. The van der Waals surface area contributed by atoms with Crippen molar-refractivity contribution in [3.8, 4) is 0 Å². The van der Waals surface area contributed by atoms with E-state index in [4.69, 9.17) is 5.11 Å². The molecule has 0 aromatic rings. The van der Waals surface area contributed by atoms with Crippen LogP contribution in [0, 0.1) is 5.92 Å². The van der Waals surface area contributed by atoms with E-state index < -0.39 is 5.97 Å². The molecule has 2 aliphatic heterocycles. The molecule has 84 valence electrons. The lowest BCUT2D eigenvalue weighted by Gasteiger charge is -2.53. The van der Waals surface area contributed by atoms with Crippen LogP contribution < -0.4 is 5.32 Å². The lowest BCUT2D eigenvalue weighted by Crippen LogP contribution is -2.72. The van der Waals surface area contributed by atoms with Crippen molar-refractivity contribution in [2.45, 2.75) is 25.3 Å². The summed E-state index contributed by atoms with van der Waals surface area (Å²) in [4.78, 5) is 23.6. The van der Waals surface area contributed by atoms with Crippen molar-refractivity contribution in [3.63, 3.8) is 0 Å². The Balaban J connectivity index is 1.85. The van der Waals surface area contributed by atoms with Crippen LogP contribution in [0.3, 0.4) is 0 Å². The van der Waals surface area contributed by atoms with Gasteiger partial charge in [-0.1, -0.05) is 0 Å². The molecule has 0 bridgehead atoms. The molecule has 1 atom stereocenters. The molecule has 0 aromatic carbocycles. The standard InChI is InChI=1S/C10H16N2O3/c1-7(13)12-5-10(6-12)3-2-8(4-11-10)9(14)15/h8,11H,2-6H2,1H3,(H,14,15). The van der Waals surface area contributed by atoms with Crippen molar-refractivity contribution in [3.05, 3.63) is 0 Å². The van der Waals surface area contributed by atoms with Crippen molar-refractivity contribution < 1.29 is 14.7 Å². The second-order valence-corrected chi connectivity index (χ2v) is 4.61. The molecule has 5 nitrogen and oxygen atoms in total. The van der Waals surface area contributed by atoms with E-state index >= 15 is 0 Å². The maximum Gasteiger partial charge on any atom is 0.307 e. The summed E-state index contributed by atoms with van der Waals surface area (Å²) in [5.74, 6) is -0.884. The Bertz CT molecular complexity index is 287. The van der Waals surface area contributed by atoms with Gasteiger partial charge in [0, 0.05) is 26.6 Å². The monoisotopic (exact) mass is 212 g/mol. The van der Waals surface area contributed by atoms with Gasteiger partial charge >= 0.3 is 5.97 Å². The third-order valence-corrected chi connectivity index (χ3v) is 3.48. The molecular formula is C10H16N2O3. The number of amides is 1. The Hall–Kier alpha value is -1.10. The Morgan fingerprint density at radius 3 is 2.53 bits per heavy atom. The van der Waals surface area contributed by atoms with E-state index in [1.54, 1.807) is 11.8 Å². The van der Waals surface area contributed by atoms with E-state index in [1.807, 2.05) is 0 Å². The van der Waals surface area contributed by atoms with Crippen molar-refractivity contribution in [2.75, 3.05) is 19.6 Å². The Morgan fingerprint density at radius 1 is 1.47 bits per heavy atom. The molecule has 5 heteroatoms. The molecular weight excluding hydrogens is 196 g/mol. The molecule has 2 heterocycles. The summed E-state index contributed by atoms with van der Waals surface area (Å²) in [7, 11) is 0. The molecule has 0 radical (unpaired) electrons. The SMILES string of the molecule is CC(=O)N1CC2(CCC(C(=O)O)CN2)C1. The van der Waals surface area contributed by atoms with Crippen molar-refractivity contribution in [2.24, 2.45) is 5.92 Å². The van der Waals surface area contributed by atoms with Crippen LogP contribution in [-0.2, 0) is 9.59 Å². The maximum atomic E-state index is 11.0. The van der Waals surface area contributed by atoms with Gasteiger partial charge in [-0.05, 0) is 12.8 Å². The summed E-state index contributed by atoms with van der Waals surface area (Å²) in [5, 5.41) is 12.1. The Kier molecular flexibility index (Phi) is 2.42. The summed E-state index contributed by atoms with van der Waals surface area (Å²) in [6.45, 7) is 3.56. The van der Waals surface area contributed by atoms with Crippen LogP contribution in [-0.4, -0.2) is 47.1 Å². The van der Waals surface area contributed by atoms with Gasteiger partial charge in [-0.15, -0.1) is 0 Å². The van der Waals surface area contributed by atoms with Crippen LogP contribution >= 0.6 is 0 Å². The van der Waals surface area contributed by atoms with Gasteiger partial charge in [-0.3, -0.25) is 9.59 Å². The van der Waals surface area contributed by atoms with Crippen LogP contribution in [0.5, 0.6) is 0 Å². The van der Waals surface area contributed by atoms with E-state index in [9.17, 15) is 9.59 Å². The number of nitrogens with zero attached hydrogens (tertiary/aromatic N) is 1. The largest absolute Gasteiger partial charge is 0.481 e. The van der Waals surface area contributed by atoms with E-state index in [-0.39, 0.29) is 17.4 Å². The molecule has 1 amide bonds. The quantitative estimate of drug-likeness (QED) is 0.624. The lowest BCUT2D eigenvalue weighted by molar-refractivity contribution is -0.146. The van der Waals surface area contributed by atoms with Gasteiger partial charge in [0.25, 0.3) is 0 Å². The van der Waals surface area contributed by atoms with Gasteiger partial charge in [0.05, 0.1) is 11.5 Å². The number of aliphatic carboxylic acids is 1. The summed E-state index contributed by atoms with van der Waals surface area (Å²) < 4.78 is 0. The summed E-state index contributed by atoms with van der Waals surface area (Å²) in [6, 6.07) is 0. The predicted octanol–water partition coefficient (Wildman–Crippen LogP) is -0.328. The highest BCUT2D eigenvalue weighted by Gasteiger charge is 2.46. The maximum absolute atomic E-state index is 11.0. The molecule has 2 rings (SSSR count). The number of hydrogen-bond acceptors (Lipinski definition) is 3. The van der Waals surface area contributed by atoms with Gasteiger partial charge < -0.3 is 15.3 Å². The number of likely N-dealkylation sites (tertiary alicyclic amines) is 1. The molecule has 2 saturated heterocycles. The van der Waals surface area contributed by atoms with Crippen LogP contribution in [0.25, 0.3) is 0 Å². The van der Waals surface area contributed by atoms with Crippen molar-refractivity contribution >= 4 is 11.9 Å². The number of carboxylic acids is 1. The minimum absolute atomic E-state index is 0.0115. The molecule has 1 unspecified atom stereocenters. The summed E-state index contributed by atoms with van der Waals surface area (Å²) in [5.41, 5.74) is 0.0115. The van der Waals surface area contributed by atoms with Crippen LogP contribution in [0.2, 0.25) is 0 Å². The molecule has 2 fully saturated rings. The molecule has 1 spiro atoms. The minimum atomic E-state index is -0.722. The molecule has 15 heavy (non-hydrogen) atoms. The van der Waals surface area contributed by atoms with Gasteiger partial charge in [0.15, 0.2) is 0 Å². The third kappa shape index (κ3) is 1.84. The first-order valence-corrected chi connectivity index (χ1v) is 5.26. The second kappa shape index (κ2) is 3.48. The fraction of sp³-hybridized carbons (Fsp3) is 0.800. The fourth-order valence-electron chi connectivity index (χ4n) is 2.37. The molecule has 0 saturated carbocycles. The fourth-order valence-corrected chi connectivity index (χ4v) is 2.37. The Labute approximate surface area is 88.4 Å². The average molecular weight is 212 g/mol. The van der Waals surface area contributed by atoms with Gasteiger partial charge in [-0.25, -0.2) is 0 Å². The third-order valence-electron chi connectivity index (χ3n) is 3.48. The van der Waals surface area contributed by atoms with Crippen molar-refractivity contribution in [1.82, 2.24) is 10.2 Å². The normalized spacial score (nSPS) is 28.6. The van der Waals surface area contributed by atoms with Crippen molar-refractivity contribution in [1.29, 1.82) is 0 Å². The lowest BCUT2D eigenvalue weighted by atomic mass is 9.78. The van der Waals surface area contributed by atoms with Gasteiger partial charge in [-0.2, -0.15) is 0 Å². The highest BCUT2D eigenvalue weighted by atomic mass is 16.4. The zero-order valence-electron chi connectivity index (χ0n) is 8.82. The number of hydrogen-bond donors (Lipinski definition) is 2. The highest BCUT2D eigenvalue weighted by molar-refractivity contribution is 5.75. The summed E-state index contributed by atoms with van der Waals surface area (Å²) >= 11 is 0. The minimum Gasteiger partial charge on any atom is -0.481 e. The number of carboxylic acid groups (broad SMARTS) is 1. The molecule has 0 aromatic heterocycles. The van der Waals surface area contributed by atoms with Crippen LogP contribution in [0.1, 0.15) is 19.8 Å². The number of carbonyl (C=O) groups excluding carboxylic acids is 1. The topological polar surface area (TPSA) is 69.6 Å². The molecule has 2 N–H and O–H groups in total. The van der Waals surface area contributed by atoms with Gasteiger partial charge in [0.1, 0.15) is 0 Å². The zero-order valence-corrected chi connectivity index (χ0v) is 8.82. The van der Waals surface area contributed by atoms with E-state index in [1.165, 1.54) is 0 Å². The first kappa shape index (κ1) is 10.4. The Morgan fingerprint density at radius 2 is 2.13 bits per heavy atom. The average Bonchev–Trinajstić information content (AvgIpc) is 2.13. The van der Waals surface area contributed by atoms with E-state index in [2.05, 4.69) is 5.32 Å². The highest BCUT2D eigenvalue weighted by Crippen LogP contribution is 2.31. The van der Waals surface area contributed by atoms with Crippen LogP contribution in [0.4, 0.5) is 0 Å². The predicted molar refractivity (Wildman–Crippen MR) is 53.3 cm³/mol. The van der Waals surface area contributed by atoms with E-state index in [0.29, 0.717) is 13.0 Å². The smallest absolute Gasteiger partial charge is 0.307 e. The number of rotatable bonds is 1. The first-order chi connectivity index (χ1) is 7.02. The van der Waals surface area contributed by atoms with Gasteiger partial charge in [0.2, 0.25) is 5.91 Å². The van der Waals surface area contributed by atoms with Crippen LogP contribution in [0.15, 0.2) is 0 Å². The zero-order chi connectivity index (χ0) is 11.1. The van der Waals surface area contributed by atoms with E-state index in [0.717, 1.165) is 19.5 Å². The first-order valence-electron chi connectivity index (χ1n) is 5.26. The number of nitrogens with one attached hydrogen (secondary N) is 1.